The van der Waals surface area contributed by atoms with Gasteiger partial charge in [0.2, 0.25) is 0 Å². The van der Waals surface area contributed by atoms with Crippen molar-refractivity contribution in [2.24, 2.45) is 0 Å². The minimum absolute atomic E-state index is 0. The largest absolute Gasteiger partial charge is 0.481 e. The molecular weight excluding hydrogens is 234 g/mol. The number of carboxylic acid groups (broad SMARTS) is 1. The maximum Gasteiger partial charge on any atom is 0.307 e. The van der Waals surface area contributed by atoms with Gasteiger partial charge in [0.25, 0.3) is 0 Å². The standard InChI is InChI=1S/C10H19NO4.ClH/c1-3-11(7-5-9(12)13)8-6-10(14)15-4-2;/h3-8H2,1-2H3,(H,12,13);1H. The third-order valence-electron chi connectivity index (χ3n) is 2.03. The van der Waals surface area contributed by atoms with Crippen LogP contribution in [0.2, 0.25) is 0 Å². The molecule has 0 aliphatic rings. The highest BCUT2D eigenvalue weighted by molar-refractivity contribution is 5.85. The van der Waals surface area contributed by atoms with E-state index in [0.29, 0.717) is 26.1 Å². The van der Waals surface area contributed by atoms with E-state index in [1.807, 2.05) is 11.8 Å². The van der Waals surface area contributed by atoms with Gasteiger partial charge in [-0.25, -0.2) is 0 Å². The SMILES string of the molecule is CCOC(=O)CCN(CC)CCC(=O)O.Cl. The van der Waals surface area contributed by atoms with Gasteiger partial charge in [0, 0.05) is 13.1 Å². The molecule has 0 aliphatic heterocycles. The molecule has 0 saturated carbocycles. The highest BCUT2D eigenvalue weighted by atomic mass is 35.5. The van der Waals surface area contributed by atoms with Crippen molar-refractivity contribution in [2.45, 2.75) is 26.7 Å². The monoisotopic (exact) mass is 253 g/mol. The molecule has 0 saturated heterocycles. The minimum atomic E-state index is -0.815. The summed E-state index contributed by atoms with van der Waals surface area (Å²) in [6.45, 7) is 5.87. The molecule has 0 bridgehead atoms. The summed E-state index contributed by atoms with van der Waals surface area (Å²) in [4.78, 5) is 23.3. The van der Waals surface area contributed by atoms with Crippen molar-refractivity contribution in [3.63, 3.8) is 0 Å². The second-order valence-corrected chi connectivity index (χ2v) is 3.13. The Balaban J connectivity index is 0. The zero-order valence-corrected chi connectivity index (χ0v) is 10.6. The van der Waals surface area contributed by atoms with E-state index in [9.17, 15) is 9.59 Å². The van der Waals surface area contributed by atoms with E-state index in [2.05, 4.69) is 0 Å². The summed E-state index contributed by atoms with van der Waals surface area (Å²) in [5.41, 5.74) is 0. The first-order chi connectivity index (χ1) is 7.10. The first-order valence-electron chi connectivity index (χ1n) is 5.19. The minimum Gasteiger partial charge on any atom is -0.481 e. The van der Waals surface area contributed by atoms with Gasteiger partial charge in [0.1, 0.15) is 0 Å². The molecule has 0 aromatic heterocycles. The summed E-state index contributed by atoms with van der Waals surface area (Å²) in [6, 6.07) is 0. The topological polar surface area (TPSA) is 66.8 Å². The van der Waals surface area contributed by atoms with Gasteiger partial charge in [0.05, 0.1) is 19.4 Å². The molecule has 0 unspecified atom stereocenters. The summed E-state index contributed by atoms with van der Waals surface area (Å²) >= 11 is 0. The van der Waals surface area contributed by atoms with Gasteiger partial charge in [-0.1, -0.05) is 6.92 Å². The number of carboxylic acids is 1. The fourth-order valence-corrected chi connectivity index (χ4v) is 1.16. The number of aliphatic carboxylic acids is 1. The van der Waals surface area contributed by atoms with Crippen LogP contribution in [0.5, 0.6) is 0 Å². The Morgan fingerprint density at radius 2 is 1.75 bits per heavy atom. The van der Waals surface area contributed by atoms with Gasteiger partial charge in [0.15, 0.2) is 0 Å². The number of ether oxygens (including phenoxy) is 1. The molecule has 0 aliphatic carbocycles. The van der Waals surface area contributed by atoms with E-state index >= 15 is 0 Å². The van der Waals surface area contributed by atoms with E-state index in [0.717, 1.165) is 6.54 Å². The summed E-state index contributed by atoms with van der Waals surface area (Å²) in [7, 11) is 0. The molecule has 0 spiro atoms. The Bertz CT molecular complexity index is 211. The number of halogens is 1. The Labute approximate surface area is 102 Å². The molecule has 0 atom stereocenters. The molecule has 16 heavy (non-hydrogen) atoms. The lowest BCUT2D eigenvalue weighted by molar-refractivity contribution is -0.143. The zero-order chi connectivity index (χ0) is 11.7. The van der Waals surface area contributed by atoms with Crippen LogP contribution in [-0.4, -0.2) is 48.2 Å². The average Bonchev–Trinajstić information content (AvgIpc) is 2.18. The Kier molecular flexibility index (Phi) is 11.8. The fourth-order valence-electron chi connectivity index (χ4n) is 1.16. The predicted octanol–water partition coefficient (Wildman–Crippen LogP) is 1.16. The third-order valence-corrected chi connectivity index (χ3v) is 2.03. The van der Waals surface area contributed by atoms with Crippen molar-refractivity contribution in [3.05, 3.63) is 0 Å². The number of carbonyl (C=O) groups excluding carboxylic acids is 1. The van der Waals surface area contributed by atoms with Crippen molar-refractivity contribution in [1.29, 1.82) is 0 Å². The highest BCUT2D eigenvalue weighted by Crippen LogP contribution is 1.96. The molecule has 0 rings (SSSR count). The molecule has 0 aromatic carbocycles. The van der Waals surface area contributed by atoms with Crippen molar-refractivity contribution in [2.75, 3.05) is 26.2 Å². The van der Waals surface area contributed by atoms with E-state index in [1.165, 1.54) is 0 Å². The molecule has 0 amide bonds. The molecule has 0 fully saturated rings. The van der Waals surface area contributed by atoms with Crippen LogP contribution in [0.1, 0.15) is 26.7 Å². The molecule has 0 radical (unpaired) electrons. The predicted molar refractivity (Wildman–Crippen MR) is 62.9 cm³/mol. The molecule has 96 valence electrons. The fraction of sp³-hybridized carbons (Fsp3) is 0.800. The highest BCUT2D eigenvalue weighted by Gasteiger charge is 2.08. The molecule has 0 heterocycles. The number of rotatable bonds is 8. The zero-order valence-electron chi connectivity index (χ0n) is 9.77. The number of esters is 1. The second-order valence-electron chi connectivity index (χ2n) is 3.13. The van der Waals surface area contributed by atoms with Gasteiger partial charge in [-0.3, -0.25) is 9.59 Å². The lowest BCUT2D eigenvalue weighted by atomic mass is 10.3. The Morgan fingerprint density at radius 3 is 2.19 bits per heavy atom. The van der Waals surface area contributed by atoms with Crippen LogP contribution in [0.15, 0.2) is 0 Å². The number of hydrogen-bond acceptors (Lipinski definition) is 4. The van der Waals surface area contributed by atoms with Crippen molar-refractivity contribution < 1.29 is 19.4 Å². The van der Waals surface area contributed by atoms with Gasteiger partial charge in [-0.2, -0.15) is 0 Å². The summed E-state index contributed by atoms with van der Waals surface area (Å²) in [5, 5.41) is 8.50. The Morgan fingerprint density at radius 1 is 1.19 bits per heavy atom. The smallest absolute Gasteiger partial charge is 0.307 e. The van der Waals surface area contributed by atoms with Crippen molar-refractivity contribution >= 4 is 24.3 Å². The maximum absolute atomic E-state index is 11.0. The van der Waals surface area contributed by atoms with E-state index < -0.39 is 5.97 Å². The number of carbonyl (C=O) groups is 2. The van der Waals surface area contributed by atoms with Crippen LogP contribution in [0, 0.1) is 0 Å². The number of hydrogen-bond donors (Lipinski definition) is 1. The van der Waals surface area contributed by atoms with Crippen LogP contribution >= 0.6 is 12.4 Å². The van der Waals surface area contributed by atoms with E-state index in [4.69, 9.17) is 9.84 Å². The summed E-state index contributed by atoms with van der Waals surface area (Å²) < 4.78 is 4.78. The lowest BCUT2D eigenvalue weighted by Crippen LogP contribution is -2.29. The van der Waals surface area contributed by atoms with Gasteiger partial charge < -0.3 is 14.7 Å². The Hall–Kier alpha value is -0.810. The van der Waals surface area contributed by atoms with Gasteiger partial charge in [-0.05, 0) is 13.5 Å². The van der Waals surface area contributed by atoms with E-state index in [1.54, 1.807) is 6.92 Å². The molecule has 0 aromatic rings. The molecular formula is C10H20ClNO4. The first kappa shape index (κ1) is 17.6. The van der Waals surface area contributed by atoms with Crippen LogP contribution in [0.3, 0.4) is 0 Å². The average molecular weight is 254 g/mol. The van der Waals surface area contributed by atoms with Crippen molar-refractivity contribution in [1.82, 2.24) is 4.90 Å². The van der Waals surface area contributed by atoms with E-state index in [-0.39, 0.29) is 24.8 Å². The van der Waals surface area contributed by atoms with Gasteiger partial charge >= 0.3 is 11.9 Å². The molecule has 5 nitrogen and oxygen atoms in total. The quantitative estimate of drug-likeness (QED) is 0.658. The number of nitrogens with zero attached hydrogens (tertiary/aromatic N) is 1. The first-order valence-corrected chi connectivity index (χ1v) is 5.19. The molecule has 6 heteroatoms. The third kappa shape index (κ3) is 9.73. The van der Waals surface area contributed by atoms with Crippen LogP contribution in [-0.2, 0) is 14.3 Å². The normalized spacial score (nSPS) is 9.69. The summed E-state index contributed by atoms with van der Waals surface area (Å²) in [6.07, 6.45) is 0.429. The molecule has 1 N–H and O–H groups in total. The lowest BCUT2D eigenvalue weighted by Gasteiger charge is -2.18. The van der Waals surface area contributed by atoms with Crippen LogP contribution in [0.4, 0.5) is 0 Å². The van der Waals surface area contributed by atoms with Gasteiger partial charge in [-0.15, -0.1) is 12.4 Å². The second kappa shape index (κ2) is 10.7. The maximum atomic E-state index is 11.0. The summed E-state index contributed by atoms with van der Waals surface area (Å²) in [5.74, 6) is -1.05. The van der Waals surface area contributed by atoms with Crippen LogP contribution in [0.25, 0.3) is 0 Å². The van der Waals surface area contributed by atoms with Crippen molar-refractivity contribution in [3.8, 4) is 0 Å². The van der Waals surface area contributed by atoms with Crippen LogP contribution < -0.4 is 0 Å².